The number of carbonyl (C=O) groups excluding carboxylic acids is 1. The summed E-state index contributed by atoms with van der Waals surface area (Å²) in [5.74, 6) is -0.0159. The molecular weight excluding hydrogens is 319 g/mol. The number of hydrogen-bond acceptors (Lipinski definition) is 3. The molecule has 1 aromatic heterocycles. The van der Waals surface area contributed by atoms with E-state index < -0.39 is 5.82 Å². The second-order valence-electron chi connectivity index (χ2n) is 5.61. The maximum atomic E-state index is 13.4. The maximum absolute atomic E-state index is 13.4. The van der Waals surface area contributed by atoms with Gasteiger partial charge in [0.15, 0.2) is 0 Å². The third-order valence-electron chi connectivity index (χ3n) is 3.85. The van der Waals surface area contributed by atoms with Gasteiger partial charge >= 0.3 is 0 Å². The fraction of sp³-hybridized carbons (Fsp3) is 0.100. The molecule has 4 nitrogen and oxygen atoms in total. The van der Waals surface area contributed by atoms with Crippen molar-refractivity contribution in [3.8, 4) is 16.9 Å². The molecule has 1 N–H and O–H groups in total. The van der Waals surface area contributed by atoms with Crippen LogP contribution in [0.2, 0.25) is 0 Å². The predicted molar refractivity (Wildman–Crippen MR) is 95.3 cm³/mol. The molecule has 25 heavy (non-hydrogen) atoms. The predicted octanol–water partition coefficient (Wildman–Crippen LogP) is 4.46. The zero-order valence-corrected chi connectivity index (χ0v) is 13.9. The van der Waals surface area contributed by atoms with E-state index in [2.05, 4.69) is 10.3 Å². The van der Waals surface area contributed by atoms with E-state index in [0.29, 0.717) is 11.3 Å². The summed E-state index contributed by atoms with van der Waals surface area (Å²) in [6, 6.07) is 13.5. The van der Waals surface area contributed by atoms with Crippen LogP contribution in [0.4, 0.5) is 10.1 Å². The van der Waals surface area contributed by atoms with E-state index in [1.54, 1.807) is 32.4 Å². The smallest absolute Gasteiger partial charge is 0.257 e. The molecule has 0 aliphatic carbocycles. The lowest BCUT2D eigenvalue weighted by atomic mass is 10.1. The fourth-order valence-corrected chi connectivity index (χ4v) is 2.45. The summed E-state index contributed by atoms with van der Waals surface area (Å²) in [6.45, 7) is 1.81. The van der Waals surface area contributed by atoms with Gasteiger partial charge in [-0.2, -0.15) is 0 Å². The molecule has 0 radical (unpaired) electrons. The first kappa shape index (κ1) is 16.6. The Bertz CT molecular complexity index is 925. The standard InChI is InChI=1S/C20H17FN2O2/c1-13-6-7-17(21)10-19(13)23-20(24)16-8-15(11-22-12-16)14-4-3-5-18(9-14)25-2/h3-12H,1-2H3,(H,23,24). The van der Waals surface area contributed by atoms with Crippen molar-refractivity contribution in [1.29, 1.82) is 0 Å². The van der Waals surface area contributed by atoms with Crippen molar-refractivity contribution in [2.75, 3.05) is 12.4 Å². The van der Waals surface area contributed by atoms with Crippen molar-refractivity contribution in [1.82, 2.24) is 4.98 Å². The van der Waals surface area contributed by atoms with Crippen LogP contribution in [0.1, 0.15) is 15.9 Å². The minimum atomic E-state index is -0.399. The Morgan fingerprint density at radius 3 is 2.72 bits per heavy atom. The zero-order chi connectivity index (χ0) is 17.8. The third-order valence-corrected chi connectivity index (χ3v) is 3.85. The van der Waals surface area contributed by atoms with Gasteiger partial charge in [0.1, 0.15) is 11.6 Å². The van der Waals surface area contributed by atoms with Gasteiger partial charge in [0.25, 0.3) is 5.91 Å². The molecule has 126 valence electrons. The van der Waals surface area contributed by atoms with Crippen molar-refractivity contribution in [2.45, 2.75) is 6.92 Å². The van der Waals surface area contributed by atoms with Crippen LogP contribution in [0.15, 0.2) is 60.9 Å². The molecule has 1 heterocycles. The summed E-state index contributed by atoms with van der Waals surface area (Å²) in [6.07, 6.45) is 3.16. The molecule has 5 heteroatoms. The van der Waals surface area contributed by atoms with Crippen LogP contribution < -0.4 is 10.1 Å². The van der Waals surface area contributed by atoms with Gasteiger partial charge in [0.2, 0.25) is 0 Å². The number of nitrogens with zero attached hydrogens (tertiary/aromatic N) is 1. The first-order chi connectivity index (χ1) is 12.1. The summed E-state index contributed by atoms with van der Waals surface area (Å²) in [5, 5.41) is 2.72. The van der Waals surface area contributed by atoms with Gasteiger partial charge in [-0.15, -0.1) is 0 Å². The number of methoxy groups -OCH3 is 1. The second-order valence-corrected chi connectivity index (χ2v) is 5.61. The lowest BCUT2D eigenvalue weighted by Crippen LogP contribution is -2.13. The lowest BCUT2D eigenvalue weighted by molar-refractivity contribution is 0.102. The van der Waals surface area contributed by atoms with Gasteiger partial charge in [0.05, 0.1) is 12.7 Å². The van der Waals surface area contributed by atoms with Crippen LogP contribution in [0.3, 0.4) is 0 Å². The Kier molecular flexibility index (Phi) is 4.75. The molecule has 0 atom stereocenters. The first-order valence-corrected chi connectivity index (χ1v) is 7.74. The summed E-state index contributed by atoms with van der Waals surface area (Å²) in [7, 11) is 1.60. The van der Waals surface area contributed by atoms with Gasteiger partial charge in [-0.25, -0.2) is 4.39 Å². The van der Waals surface area contributed by atoms with E-state index in [1.807, 2.05) is 24.3 Å². The zero-order valence-electron chi connectivity index (χ0n) is 13.9. The van der Waals surface area contributed by atoms with Gasteiger partial charge in [-0.1, -0.05) is 18.2 Å². The highest BCUT2D eigenvalue weighted by molar-refractivity contribution is 6.05. The summed E-state index contributed by atoms with van der Waals surface area (Å²) < 4.78 is 18.6. The van der Waals surface area contributed by atoms with Gasteiger partial charge < -0.3 is 10.1 Å². The van der Waals surface area contributed by atoms with Crippen LogP contribution in [0.5, 0.6) is 5.75 Å². The number of halogens is 1. The Morgan fingerprint density at radius 2 is 1.92 bits per heavy atom. The van der Waals surface area contributed by atoms with Crippen molar-refractivity contribution in [3.63, 3.8) is 0 Å². The molecule has 0 unspecified atom stereocenters. The molecule has 1 amide bonds. The molecule has 0 aliphatic heterocycles. The van der Waals surface area contributed by atoms with Gasteiger partial charge in [-0.05, 0) is 48.4 Å². The Hall–Kier alpha value is -3.21. The van der Waals surface area contributed by atoms with E-state index in [9.17, 15) is 9.18 Å². The minimum Gasteiger partial charge on any atom is -0.497 e. The number of ether oxygens (including phenoxy) is 1. The SMILES string of the molecule is COc1cccc(-c2cncc(C(=O)Nc3cc(F)ccc3C)c2)c1. The normalized spacial score (nSPS) is 10.4. The maximum Gasteiger partial charge on any atom is 0.257 e. The van der Waals surface area contributed by atoms with Crippen molar-refractivity contribution >= 4 is 11.6 Å². The lowest BCUT2D eigenvalue weighted by Gasteiger charge is -2.10. The molecule has 0 saturated heterocycles. The van der Waals surface area contributed by atoms with Crippen LogP contribution in [-0.4, -0.2) is 18.0 Å². The van der Waals surface area contributed by atoms with Crippen molar-refractivity contribution < 1.29 is 13.9 Å². The number of pyridine rings is 1. The number of carbonyl (C=O) groups is 1. The number of rotatable bonds is 4. The van der Waals surface area contributed by atoms with E-state index in [0.717, 1.165) is 22.4 Å². The average Bonchev–Trinajstić information content (AvgIpc) is 2.65. The average molecular weight is 336 g/mol. The molecule has 0 aliphatic rings. The fourth-order valence-electron chi connectivity index (χ4n) is 2.45. The highest BCUT2D eigenvalue weighted by Gasteiger charge is 2.11. The van der Waals surface area contributed by atoms with E-state index in [-0.39, 0.29) is 5.91 Å². The third kappa shape index (κ3) is 3.83. The number of aromatic nitrogens is 1. The number of amides is 1. The number of anilines is 1. The number of nitrogens with one attached hydrogen (secondary N) is 1. The van der Waals surface area contributed by atoms with Gasteiger partial charge in [-0.3, -0.25) is 9.78 Å². The second kappa shape index (κ2) is 7.13. The molecule has 2 aromatic carbocycles. The number of aryl methyl sites for hydroxylation is 1. The topological polar surface area (TPSA) is 51.2 Å². The Labute approximate surface area is 145 Å². The Balaban J connectivity index is 1.88. The highest BCUT2D eigenvalue weighted by atomic mass is 19.1. The van der Waals surface area contributed by atoms with Crippen LogP contribution in [0.25, 0.3) is 11.1 Å². The first-order valence-electron chi connectivity index (χ1n) is 7.74. The van der Waals surface area contributed by atoms with E-state index >= 15 is 0 Å². The van der Waals surface area contributed by atoms with Crippen molar-refractivity contribution in [2.24, 2.45) is 0 Å². The molecule has 0 spiro atoms. The van der Waals surface area contributed by atoms with Crippen molar-refractivity contribution in [3.05, 3.63) is 77.9 Å². The molecule has 3 aromatic rings. The highest BCUT2D eigenvalue weighted by Crippen LogP contribution is 2.24. The largest absolute Gasteiger partial charge is 0.497 e. The molecule has 0 bridgehead atoms. The van der Waals surface area contributed by atoms with Crippen LogP contribution in [-0.2, 0) is 0 Å². The number of hydrogen-bond donors (Lipinski definition) is 1. The van der Waals surface area contributed by atoms with Crippen LogP contribution >= 0.6 is 0 Å². The quantitative estimate of drug-likeness (QED) is 0.765. The van der Waals surface area contributed by atoms with Gasteiger partial charge in [0, 0.05) is 23.6 Å². The summed E-state index contributed by atoms with van der Waals surface area (Å²) in [4.78, 5) is 16.6. The molecule has 3 rings (SSSR count). The monoisotopic (exact) mass is 336 g/mol. The minimum absolute atomic E-state index is 0.342. The van der Waals surface area contributed by atoms with E-state index in [1.165, 1.54) is 18.3 Å². The molecule has 0 fully saturated rings. The Morgan fingerprint density at radius 1 is 1.08 bits per heavy atom. The molecular formula is C20H17FN2O2. The molecule has 0 saturated carbocycles. The summed E-state index contributed by atoms with van der Waals surface area (Å²) >= 11 is 0. The van der Waals surface area contributed by atoms with Crippen LogP contribution in [0, 0.1) is 12.7 Å². The summed E-state index contributed by atoms with van der Waals surface area (Å²) in [5.41, 5.74) is 3.30. The van der Waals surface area contributed by atoms with E-state index in [4.69, 9.17) is 4.74 Å². The number of benzene rings is 2.